The van der Waals surface area contributed by atoms with E-state index in [2.05, 4.69) is 43.0 Å². The van der Waals surface area contributed by atoms with Gasteiger partial charge in [-0.3, -0.25) is 0 Å². The number of unbranched alkanes of at least 4 members (excludes halogenated alkanes) is 26. The van der Waals surface area contributed by atoms with Gasteiger partial charge in [0.1, 0.15) is 6.17 Å². The summed E-state index contributed by atoms with van der Waals surface area (Å²) in [6.07, 6.45) is 48.6. The lowest BCUT2D eigenvalue weighted by atomic mass is 10.0. The molecule has 1 atom stereocenters. The van der Waals surface area contributed by atoms with Gasteiger partial charge >= 0.3 is 0 Å². The van der Waals surface area contributed by atoms with Crippen LogP contribution in [-0.2, 0) is 0 Å². The molecule has 0 radical (unpaired) electrons. The number of rotatable bonds is 32. The van der Waals surface area contributed by atoms with Crippen LogP contribution < -0.4 is 0 Å². The molecular weight excluding hydrogens is 484 g/mol. The minimum Gasteiger partial charge on any atom is -0.356 e. The topological polar surface area (TPSA) is 6.48 Å². The van der Waals surface area contributed by atoms with E-state index >= 15 is 0 Å². The molecule has 0 saturated heterocycles. The standard InChI is InChI=1S/C38H76N2/c1-4-7-9-11-13-15-17-19-20-21-23-25-27-29-31-33-38-39(34-6-3)36-37-40(38)35-32-30-28-26-24-22-18-16-14-12-10-8-5-2/h36-38H,4-35H2,1-3H3. The quantitative estimate of drug-likeness (QED) is 0.0755. The van der Waals surface area contributed by atoms with Crippen LogP contribution in [0.4, 0.5) is 0 Å². The second-order valence-corrected chi connectivity index (χ2v) is 13.2. The molecule has 1 heterocycles. The molecule has 0 bridgehead atoms. The Hall–Kier alpha value is -0.660. The minimum absolute atomic E-state index is 0.638. The van der Waals surface area contributed by atoms with Gasteiger partial charge in [0.05, 0.1) is 0 Å². The average molecular weight is 561 g/mol. The fourth-order valence-corrected chi connectivity index (χ4v) is 6.61. The first-order chi connectivity index (χ1) is 19.8. The minimum atomic E-state index is 0.638. The third-order valence-electron chi connectivity index (χ3n) is 9.28. The van der Waals surface area contributed by atoms with E-state index in [1.54, 1.807) is 0 Å². The molecule has 0 aromatic carbocycles. The molecular formula is C38H76N2. The van der Waals surface area contributed by atoms with Crippen molar-refractivity contribution in [2.45, 2.75) is 220 Å². The van der Waals surface area contributed by atoms with Crippen molar-refractivity contribution >= 4 is 0 Å². The van der Waals surface area contributed by atoms with Crippen molar-refractivity contribution < 1.29 is 0 Å². The Balaban J connectivity index is 1.98. The van der Waals surface area contributed by atoms with Gasteiger partial charge in [0.2, 0.25) is 0 Å². The molecule has 0 aromatic heterocycles. The van der Waals surface area contributed by atoms with Crippen LogP contribution in [0.1, 0.15) is 213 Å². The van der Waals surface area contributed by atoms with Crippen molar-refractivity contribution in [2.24, 2.45) is 0 Å². The zero-order valence-corrected chi connectivity index (χ0v) is 28.3. The number of nitrogens with zero attached hydrogens (tertiary/aromatic N) is 2. The van der Waals surface area contributed by atoms with Gasteiger partial charge in [0.15, 0.2) is 0 Å². The fourth-order valence-electron chi connectivity index (χ4n) is 6.61. The maximum absolute atomic E-state index is 2.68. The summed E-state index contributed by atoms with van der Waals surface area (Å²) in [6.45, 7) is 9.42. The monoisotopic (exact) mass is 561 g/mol. The van der Waals surface area contributed by atoms with E-state index in [-0.39, 0.29) is 0 Å². The Morgan fingerprint density at radius 2 is 0.625 bits per heavy atom. The van der Waals surface area contributed by atoms with E-state index < -0.39 is 0 Å². The second kappa shape index (κ2) is 29.8. The summed E-state index contributed by atoms with van der Waals surface area (Å²) in [5.74, 6) is 0. The van der Waals surface area contributed by atoms with Crippen LogP contribution in [0.15, 0.2) is 12.4 Å². The van der Waals surface area contributed by atoms with E-state index in [1.807, 2.05) is 0 Å². The summed E-state index contributed by atoms with van der Waals surface area (Å²) < 4.78 is 0. The molecule has 0 aliphatic carbocycles. The van der Waals surface area contributed by atoms with Gasteiger partial charge in [0.25, 0.3) is 0 Å². The van der Waals surface area contributed by atoms with Crippen LogP contribution in [0.3, 0.4) is 0 Å². The number of hydrogen-bond acceptors (Lipinski definition) is 2. The van der Waals surface area contributed by atoms with Crippen molar-refractivity contribution in [1.29, 1.82) is 0 Å². The predicted octanol–water partition coefficient (Wildman–Crippen LogP) is 13.2. The smallest absolute Gasteiger partial charge is 0.101 e. The van der Waals surface area contributed by atoms with E-state index in [0.29, 0.717) is 6.17 Å². The molecule has 0 saturated carbocycles. The molecule has 0 N–H and O–H groups in total. The molecule has 238 valence electrons. The summed E-state index contributed by atoms with van der Waals surface area (Å²) in [4.78, 5) is 5.31. The Kier molecular flexibility index (Phi) is 27.9. The van der Waals surface area contributed by atoms with Crippen LogP contribution in [0.2, 0.25) is 0 Å². The van der Waals surface area contributed by atoms with Gasteiger partial charge < -0.3 is 9.80 Å². The largest absolute Gasteiger partial charge is 0.356 e. The fraction of sp³-hybridized carbons (Fsp3) is 0.947. The first-order valence-electron chi connectivity index (χ1n) is 19.0. The lowest BCUT2D eigenvalue weighted by Crippen LogP contribution is -2.39. The number of hydrogen-bond donors (Lipinski definition) is 0. The third-order valence-corrected chi connectivity index (χ3v) is 9.28. The Morgan fingerprint density at radius 1 is 0.325 bits per heavy atom. The van der Waals surface area contributed by atoms with E-state index in [4.69, 9.17) is 0 Å². The van der Waals surface area contributed by atoms with Crippen LogP contribution in [0, 0.1) is 0 Å². The highest BCUT2D eigenvalue weighted by molar-refractivity contribution is 4.96. The zero-order chi connectivity index (χ0) is 28.8. The van der Waals surface area contributed by atoms with E-state index in [9.17, 15) is 0 Å². The predicted molar refractivity (Wildman–Crippen MR) is 182 cm³/mol. The lowest BCUT2D eigenvalue weighted by molar-refractivity contribution is 0.137. The molecule has 40 heavy (non-hydrogen) atoms. The Labute approximate surface area is 254 Å². The van der Waals surface area contributed by atoms with Crippen LogP contribution in [0.5, 0.6) is 0 Å². The summed E-state index contributed by atoms with van der Waals surface area (Å²) in [5, 5.41) is 0. The molecule has 2 heteroatoms. The highest BCUT2D eigenvalue weighted by Gasteiger charge is 2.24. The van der Waals surface area contributed by atoms with Gasteiger partial charge in [-0.05, 0) is 25.7 Å². The van der Waals surface area contributed by atoms with Crippen molar-refractivity contribution in [3.63, 3.8) is 0 Å². The molecule has 2 nitrogen and oxygen atoms in total. The highest BCUT2D eigenvalue weighted by Crippen LogP contribution is 2.23. The SMILES string of the molecule is CCCCCCCCCCCCCCCCCC1N(CCC)C=CN1CCCCCCCCCCCCCCC. The van der Waals surface area contributed by atoms with Gasteiger partial charge in [-0.15, -0.1) is 0 Å². The van der Waals surface area contributed by atoms with Crippen molar-refractivity contribution in [3.05, 3.63) is 12.4 Å². The second-order valence-electron chi connectivity index (χ2n) is 13.2. The summed E-state index contributed by atoms with van der Waals surface area (Å²) >= 11 is 0. The van der Waals surface area contributed by atoms with Gasteiger partial charge in [-0.25, -0.2) is 0 Å². The Bertz CT molecular complexity index is 516. The van der Waals surface area contributed by atoms with Gasteiger partial charge in [-0.2, -0.15) is 0 Å². The molecule has 1 rings (SSSR count). The van der Waals surface area contributed by atoms with Crippen molar-refractivity contribution in [2.75, 3.05) is 13.1 Å². The van der Waals surface area contributed by atoms with Crippen molar-refractivity contribution in [3.8, 4) is 0 Å². The normalized spacial score (nSPS) is 15.1. The molecule has 1 aliphatic rings. The van der Waals surface area contributed by atoms with Gasteiger partial charge in [0, 0.05) is 25.5 Å². The summed E-state index contributed by atoms with van der Waals surface area (Å²) in [5.41, 5.74) is 0. The van der Waals surface area contributed by atoms with Crippen LogP contribution in [0.25, 0.3) is 0 Å². The highest BCUT2D eigenvalue weighted by atomic mass is 15.4. The van der Waals surface area contributed by atoms with Crippen LogP contribution in [-0.4, -0.2) is 29.1 Å². The Morgan fingerprint density at radius 3 is 0.975 bits per heavy atom. The summed E-state index contributed by atoms with van der Waals surface area (Å²) in [6, 6.07) is 0. The van der Waals surface area contributed by atoms with E-state index in [0.717, 1.165) is 0 Å². The van der Waals surface area contributed by atoms with Gasteiger partial charge in [-0.1, -0.05) is 188 Å². The molecule has 0 amide bonds. The molecule has 0 fully saturated rings. The molecule has 0 spiro atoms. The van der Waals surface area contributed by atoms with Crippen LogP contribution >= 0.6 is 0 Å². The lowest BCUT2D eigenvalue weighted by Gasteiger charge is -2.33. The molecule has 1 unspecified atom stereocenters. The third kappa shape index (κ3) is 22.0. The average Bonchev–Trinajstić information content (AvgIpc) is 3.34. The zero-order valence-electron chi connectivity index (χ0n) is 28.3. The first kappa shape index (κ1) is 37.4. The first-order valence-corrected chi connectivity index (χ1v) is 19.0. The van der Waals surface area contributed by atoms with Crippen molar-refractivity contribution in [1.82, 2.24) is 9.80 Å². The van der Waals surface area contributed by atoms with E-state index in [1.165, 1.54) is 206 Å². The maximum Gasteiger partial charge on any atom is 0.101 e. The molecule has 0 aromatic rings. The molecule has 1 aliphatic heterocycles. The summed E-state index contributed by atoms with van der Waals surface area (Å²) in [7, 11) is 0. The maximum atomic E-state index is 2.68.